The van der Waals surface area contributed by atoms with Crippen LogP contribution in [0.15, 0.2) is 0 Å². The summed E-state index contributed by atoms with van der Waals surface area (Å²) in [6.45, 7) is 9.27. The highest BCUT2D eigenvalue weighted by atomic mass is 35.5. The molecule has 128 valence electrons. The Bertz CT molecular complexity index is 204. The van der Waals surface area contributed by atoms with Gasteiger partial charge in [-0.3, -0.25) is 0 Å². The quantitative estimate of drug-likeness (QED) is 0.251. The minimum atomic E-state index is 0.396. The van der Waals surface area contributed by atoms with Crippen LogP contribution in [0.5, 0.6) is 0 Å². The Labute approximate surface area is 139 Å². The van der Waals surface area contributed by atoms with E-state index in [1.165, 1.54) is 77.2 Å². The van der Waals surface area contributed by atoms with Gasteiger partial charge in [-0.1, -0.05) is 78.6 Å². The van der Waals surface area contributed by atoms with Crippen molar-refractivity contribution in [1.29, 1.82) is 0 Å². The molecule has 2 heteroatoms. The van der Waals surface area contributed by atoms with E-state index in [4.69, 9.17) is 11.6 Å². The molecule has 0 bridgehead atoms. The first-order valence-corrected chi connectivity index (χ1v) is 9.92. The summed E-state index contributed by atoms with van der Waals surface area (Å²) in [6, 6.07) is 0. The average Bonchev–Trinajstić information content (AvgIpc) is 2.46. The van der Waals surface area contributed by atoms with Crippen LogP contribution in [0.25, 0.3) is 0 Å². The van der Waals surface area contributed by atoms with E-state index in [2.05, 4.69) is 26.1 Å². The number of unbranched alkanes of at least 4 members (excludes halogenated alkanes) is 9. The number of hydrogen-bond acceptors (Lipinski definition) is 1. The van der Waals surface area contributed by atoms with Gasteiger partial charge in [-0.25, -0.2) is 0 Å². The molecule has 0 radical (unpaired) electrons. The second-order valence-electron chi connectivity index (χ2n) is 7.32. The fourth-order valence-electron chi connectivity index (χ4n) is 2.80. The normalized spacial score (nSPS) is 12.0. The van der Waals surface area contributed by atoms with Crippen molar-refractivity contribution in [3.8, 4) is 0 Å². The molecule has 1 N–H and O–H groups in total. The van der Waals surface area contributed by atoms with Gasteiger partial charge < -0.3 is 5.32 Å². The topological polar surface area (TPSA) is 12.0 Å². The van der Waals surface area contributed by atoms with Gasteiger partial charge in [-0.2, -0.15) is 0 Å². The Morgan fingerprint density at radius 3 is 1.81 bits per heavy atom. The Kier molecular flexibility index (Phi) is 15.3. The van der Waals surface area contributed by atoms with Crippen LogP contribution in [-0.2, 0) is 0 Å². The molecule has 0 aliphatic rings. The van der Waals surface area contributed by atoms with Crippen LogP contribution < -0.4 is 5.32 Å². The lowest BCUT2D eigenvalue weighted by molar-refractivity contribution is 0.311. The van der Waals surface area contributed by atoms with E-state index < -0.39 is 0 Å². The van der Waals surface area contributed by atoms with E-state index in [0.29, 0.717) is 5.41 Å². The molecule has 0 aliphatic carbocycles. The highest BCUT2D eigenvalue weighted by Gasteiger charge is 2.15. The summed E-state index contributed by atoms with van der Waals surface area (Å²) in [5, 5.41) is 3.62. The summed E-state index contributed by atoms with van der Waals surface area (Å²) in [4.78, 5) is 0. The average molecular weight is 318 g/mol. The molecule has 0 aromatic rings. The van der Waals surface area contributed by atoms with Crippen LogP contribution in [0, 0.1) is 5.41 Å². The fourth-order valence-corrected chi connectivity index (χ4v) is 2.93. The summed E-state index contributed by atoms with van der Waals surface area (Å²) in [7, 11) is 0. The molecule has 0 saturated heterocycles. The second kappa shape index (κ2) is 15.2. The minimum absolute atomic E-state index is 0.396. The van der Waals surface area contributed by atoms with Crippen molar-refractivity contribution in [1.82, 2.24) is 5.32 Å². The van der Waals surface area contributed by atoms with E-state index in [-0.39, 0.29) is 0 Å². The van der Waals surface area contributed by atoms with E-state index in [1.807, 2.05) is 0 Å². The number of halogens is 1. The molecule has 0 unspecified atom stereocenters. The van der Waals surface area contributed by atoms with Gasteiger partial charge >= 0.3 is 0 Å². The molecule has 0 amide bonds. The third kappa shape index (κ3) is 16.4. The van der Waals surface area contributed by atoms with Crippen molar-refractivity contribution in [2.24, 2.45) is 5.41 Å². The molecule has 0 aromatic carbocycles. The van der Waals surface area contributed by atoms with Crippen LogP contribution >= 0.6 is 11.6 Å². The molecule has 0 atom stereocenters. The van der Waals surface area contributed by atoms with Crippen molar-refractivity contribution < 1.29 is 0 Å². The first kappa shape index (κ1) is 21.2. The van der Waals surface area contributed by atoms with Gasteiger partial charge in [0.25, 0.3) is 0 Å². The monoisotopic (exact) mass is 317 g/mol. The number of nitrogens with one attached hydrogen (secondary N) is 1. The van der Waals surface area contributed by atoms with E-state index in [1.54, 1.807) is 0 Å². The van der Waals surface area contributed by atoms with E-state index >= 15 is 0 Å². The summed E-state index contributed by atoms with van der Waals surface area (Å²) in [6.07, 6.45) is 16.5. The van der Waals surface area contributed by atoms with Crippen molar-refractivity contribution in [3.05, 3.63) is 0 Å². The third-order valence-electron chi connectivity index (χ3n) is 4.30. The van der Waals surface area contributed by atoms with Gasteiger partial charge in [-0.05, 0) is 31.2 Å². The molecule has 0 aromatic heterocycles. The molecule has 0 fully saturated rings. The van der Waals surface area contributed by atoms with Crippen LogP contribution in [0.3, 0.4) is 0 Å². The Morgan fingerprint density at radius 1 is 0.762 bits per heavy atom. The Balaban J connectivity index is 3.18. The highest BCUT2D eigenvalue weighted by Crippen LogP contribution is 2.21. The Hall–Kier alpha value is 0.250. The van der Waals surface area contributed by atoms with Crippen LogP contribution in [0.2, 0.25) is 0 Å². The second-order valence-corrected chi connectivity index (χ2v) is 7.69. The Morgan fingerprint density at radius 2 is 1.29 bits per heavy atom. The lowest BCUT2D eigenvalue weighted by atomic mass is 9.88. The lowest BCUT2D eigenvalue weighted by Crippen LogP contribution is -2.30. The number of alkyl halides is 1. The largest absolute Gasteiger partial charge is 0.316 e. The van der Waals surface area contributed by atoms with Gasteiger partial charge in [0.15, 0.2) is 0 Å². The zero-order valence-electron chi connectivity index (χ0n) is 15.0. The predicted octanol–water partition coefficient (Wildman–Crippen LogP) is 6.54. The zero-order chi connectivity index (χ0) is 15.8. The molecular formula is C19H40ClN. The molecule has 0 aliphatic heterocycles. The third-order valence-corrected chi connectivity index (χ3v) is 4.57. The molecular weight excluding hydrogens is 278 g/mol. The highest BCUT2D eigenvalue weighted by molar-refractivity contribution is 6.17. The number of hydrogen-bond donors (Lipinski definition) is 1. The maximum absolute atomic E-state index is 5.77. The van der Waals surface area contributed by atoms with Gasteiger partial charge in [0, 0.05) is 12.4 Å². The number of rotatable bonds is 16. The van der Waals surface area contributed by atoms with Gasteiger partial charge in [0.2, 0.25) is 0 Å². The molecule has 0 saturated carbocycles. The fraction of sp³-hybridized carbons (Fsp3) is 1.00. The minimum Gasteiger partial charge on any atom is -0.316 e. The van der Waals surface area contributed by atoms with Crippen LogP contribution in [0.1, 0.15) is 97.8 Å². The van der Waals surface area contributed by atoms with Gasteiger partial charge in [-0.15, -0.1) is 11.6 Å². The molecule has 1 nitrogen and oxygen atoms in total. The zero-order valence-corrected chi connectivity index (χ0v) is 15.7. The predicted molar refractivity (Wildman–Crippen MR) is 98.4 cm³/mol. The standard InChI is InChI=1S/C19H40ClN/c1-4-5-6-7-8-9-10-11-12-13-17-21-18-19(2,3)15-14-16-20/h21H,4-18H2,1-3H3. The summed E-state index contributed by atoms with van der Waals surface area (Å²) in [5.74, 6) is 0.794. The summed E-state index contributed by atoms with van der Waals surface area (Å²) in [5.41, 5.74) is 0.396. The molecule has 0 heterocycles. The van der Waals surface area contributed by atoms with Crippen LogP contribution in [0.4, 0.5) is 0 Å². The van der Waals surface area contributed by atoms with Gasteiger partial charge in [0.05, 0.1) is 0 Å². The SMILES string of the molecule is CCCCCCCCCCCCNCC(C)(C)CCCCl. The van der Waals surface area contributed by atoms with Crippen LogP contribution in [-0.4, -0.2) is 19.0 Å². The van der Waals surface area contributed by atoms with Crippen molar-refractivity contribution in [2.75, 3.05) is 19.0 Å². The molecule has 0 rings (SSSR count). The van der Waals surface area contributed by atoms with Crippen molar-refractivity contribution in [2.45, 2.75) is 97.8 Å². The maximum Gasteiger partial charge on any atom is 0.0223 e. The smallest absolute Gasteiger partial charge is 0.0223 e. The first-order chi connectivity index (χ1) is 10.1. The van der Waals surface area contributed by atoms with Crippen molar-refractivity contribution in [3.63, 3.8) is 0 Å². The van der Waals surface area contributed by atoms with Gasteiger partial charge in [0.1, 0.15) is 0 Å². The first-order valence-electron chi connectivity index (χ1n) is 9.39. The lowest BCUT2D eigenvalue weighted by Gasteiger charge is -2.24. The molecule has 21 heavy (non-hydrogen) atoms. The van der Waals surface area contributed by atoms with Crippen molar-refractivity contribution >= 4 is 11.6 Å². The van der Waals surface area contributed by atoms with E-state index in [0.717, 1.165) is 18.8 Å². The summed E-state index contributed by atoms with van der Waals surface area (Å²) >= 11 is 5.77. The summed E-state index contributed by atoms with van der Waals surface area (Å²) < 4.78 is 0. The maximum atomic E-state index is 5.77. The molecule has 0 spiro atoms. The van der Waals surface area contributed by atoms with E-state index in [9.17, 15) is 0 Å².